The summed E-state index contributed by atoms with van der Waals surface area (Å²) < 4.78 is 1.80. The van der Waals surface area contributed by atoms with Crippen molar-refractivity contribution in [3.8, 4) is 0 Å². The molecule has 0 aliphatic rings. The molecule has 27 heavy (non-hydrogen) atoms. The van der Waals surface area contributed by atoms with Crippen molar-refractivity contribution in [2.45, 2.75) is 38.5 Å². The Balaban J connectivity index is 1.76. The molecule has 0 aliphatic heterocycles. The largest absolute Gasteiger partial charge is 0.367 e. The number of pyridine rings is 1. The topological polar surface area (TPSA) is 97.6 Å². The van der Waals surface area contributed by atoms with Gasteiger partial charge in [0.25, 0.3) is 5.91 Å². The third-order valence-electron chi connectivity index (χ3n) is 3.73. The summed E-state index contributed by atoms with van der Waals surface area (Å²) >= 11 is 1.59. The maximum absolute atomic E-state index is 12.1. The van der Waals surface area contributed by atoms with Crippen LogP contribution in [0.4, 0.5) is 5.82 Å². The second-order valence-electron chi connectivity index (χ2n) is 6.18. The SMILES string of the molecule is CCSc1nc(NC(C)C)c2cnn(CCNC(=O)c3ccncc3)c2n1. The molecule has 0 spiro atoms. The molecule has 0 unspecified atom stereocenters. The van der Waals surface area contributed by atoms with Gasteiger partial charge in [-0.3, -0.25) is 9.78 Å². The normalized spacial score (nSPS) is 11.1. The van der Waals surface area contributed by atoms with Crippen LogP contribution in [0.25, 0.3) is 11.0 Å². The molecule has 3 heterocycles. The zero-order valence-electron chi connectivity index (χ0n) is 15.6. The van der Waals surface area contributed by atoms with Crippen molar-refractivity contribution in [3.05, 3.63) is 36.3 Å². The van der Waals surface area contributed by atoms with Gasteiger partial charge in [-0.25, -0.2) is 14.6 Å². The first-order valence-corrected chi connectivity index (χ1v) is 9.88. The fourth-order valence-corrected chi connectivity index (χ4v) is 3.12. The Kier molecular flexibility index (Phi) is 6.23. The molecular formula is C18H23N7OS. The van der Waals surface area contributed by atoms with Crippen LogP contribution < -0.4 is 10.6 Å². The summed E-state index contributed by atoms with van der Waals surface area (Å²) in [6, 6.07) is 3.62. The van der Waals surface area contributed by atoms with Crippen LogP contribution in [0.3, 0.4) is 0 Å². The Morgan fingerprint density at radius 2 is 2.04 bits per heavy atom. The van der Waals surface area contributed by atoms with Crippen molar-refractivity contribution < 1.29 is 4.79 Å². The number of nitrogens with zero attached hydrogens (tertiary/aromatic N) is 5. The van der Waals surface area contributed by atoms with Crippen LogP contribution in [-0.2, 0) is 6.54 Å². The van der Waals surface area contributed by atoms with Gasteiger partial charge in [-0.05, 0) is 31.7 Å². The molecule has 1 amide bonds. The predicted molar refractivity (Wildman–Crippen MR) is 107 cm³/mol. The molecule has 0 saturated carbocycles. The number of thioether (sulfide) groups is 1. The van der Waals surface area contributed by atoms with E-state index in [1.54, 1.807) is 47.2 Å². The van der Waals surface area contributed by atoms with E-state index in [2.05, 4.69) is 51.5 Å². The van der Waals surface area contributed by atoms with Crippen molar-refractivity contribution in [1.82, 2.24) is 30.0 Å². The van der Waals surface area contributed by atoms with E-state index in [0.29, 0.717) is 18.7 Å². The number of fused-ring (bicyclic) bond motifs is 1. The van der Waals surface area contributed by atoms with Crippen LogP contribution in [0.5, 0.6) is 0 Å². The lowest BCUT2D eigenvalue weighted by atomic mass is 10.2. The second kappa shape index (κ2) is 8.81. The van der Waals surface area contributed by atoms with Gasteiger partial charge in [0, 0.05) is 30.5 Å². The molecule has 0 aromatic carbocycles. The van der Waals surface area contributed by atoms with E-state index in [4.69, 9.17) is 0 Å². The van der Waals surface area contributed by atoms with Crippen LogP contribution in [0.2, 0.25) is 0 Å². The molecular weight excluding hydrogens is 362 g/mol. The number of anilines is 1. The zero-order valence-corrected chi connectivity index (χ0v) is 16.5. The Morgan fingerprint density at radius 1 is 1.26 bits per heavy atom. The fourth-order valence-electron chi connectivity index (χ4n) is 2.56. The number of hydrogen-bond acceptors (Lipinski definition) is 7. The molecule has 0 aliphatic carbocycles. The van der Waals surface area contributed by atoms with Crippen LogP contribution in [0, 0.1) is 0 Å². The predicted octanol–water partition coefficient (Wildman–Crippen LogP) is 2.58. The molecule has 8 nitrogen and oxygen atoms in total. The maximum atomic E-state index is 12.1. The number of nitrogens with one attached hydrogen (secondary N) is 2. The Labute approximate surface area is 162 Å². The number of carbonyl (C=O) groups excluding carboxylic acids is 1. The Bertz CT molecular complexity index is 911. The number of carbonyl (C=O) groups is 1. The highest BCUT2D eigenvalue weighted by Crippen LogP contribution is 2.24. The number of hydrogen-bond donors (Lipinski definition) is 2. The fraction of sp³-hybridized carbons (Fsp3) is 0.389. The van der Waals surface area contributed by atoms with E-state index in [-0.39, 0.29) is 11.9 Å². The summed E-state index contributed by atoms with van der Waals surface area (Å²) in [5.41, 5.74) is 1.35. The Morgan fingerprint density at radius 3 is 2.74 bits per heavy atom. The molecule has 0 bridgehead atoms. The quantitative estimate of drug-likeness (QED) is 0.454. The number of aromatic nitrogens is 5. The maximum Gasteiger partial charge on any atom is 0.251 e. The van der Waals surface area contributed by atoms with Gasteiger partial charge in [0.05, 0.1) is 18.1 Å². The Hall–Kier alpha value is -2.68. The van der Waals surface area contributed by atoms with Crippen molar-refractivity contribution in [2.24, 2.45) is 0 Å². The lowest BCUT2D eigenvalue weighted by Crippen LogP contribution is -2.27. The molecule has 0 atom stereocenters. The summed E-state index contributed by atoms with van der Waals surface area (Å²) in [5, 5.41) is 12.3. The molecule has 0 radical (unpaired) electrons. The highest BCUT2D eigenvalue weighted by molar-refractivity contribution is 7.99. The molecule has 3 aromatic rings. The first-order valence-electron chi connectivity index (χ1n) is 8.89. The highest BCUT2D eigenvalue weighted by atomic mass is 32.2. The molecule has 0 fully saturated rings. The van der Waals surface area contributed by atoms with E-state index in [1.807, 2.05) is 0 Å². The second-order valence-corrected chi connectivity index (χ2v) is 7.41. The lowest BCUT2D eigenvalue weighted by molar-refractivity contribution is 0.0952. The van der Waals surface area contributed by atoms with Crippen LogP contribution in [0.15, 0.2) is 35.9 Å². The summed E-state index contributed by atoms with van der Waals surface area (Å²) in [7, 11) is 0. The van der Waals surface area contributed by atoms with Crippen LogP contribution in [0.1, 0.15) is 31.1 Å². The van der Waals surface area contributed by atoms with Crippen molar-refractivity contribution >= 4 is 34.5 Å². The smallest absolute Gasteiger partial charge is 0.251 e. The molecule has 9 heteroatoms. The zero-order chi connectivity index (χ0) is 19.2. The average molecular weight is 385 g/mol. The van der Waals surface area contributed by atoms with Crippen LogP contribution >= 0.6 is 11.8 Å². The third kappa shape index (κ3) is 4.73. The van der Waals surface area contributed by atoms with Crippen molar-refractivity contribution in [1.29, 1.82) is 0 Å². The molecule has 3 aromatic heterocycles. The first kappa shape index (κ1) is 19.1. The minimum Gasteiger partial charge on any atom is -0.367 e. The standard InChI is InChI=1S/C18H23N7OS/c1-4-27-18-23-15(22-12(2)3)14-11-21-25(16(14)24-18)10-9-20-17(26)13-5-7-19-8-6-13/h5-8,11-12H,4,9-10H2,1-3H3,(H,20,26)(H,22,23,24). The lowest BCUT2D eigenvalue weighted by Gasteiger charge is -2.11. The van der Waals surface area contributed by atoms with Gasteiger partial charge in [0.1, 0.15) is 5.82 Å². The van der Waals surface area contributed by atoms with Crippen molar-refractivity contribution in [3.63, 3.8) is 0 Å². The summed E-state index contributed by atoms with van der Waals surface area (Å²) in [4.78, 5) is 25.3. The first-order chi connectivity index (χ1) is 13.1. The van der Waals surface area contributed by atoms with Gasteiger partial charge in [0.15, 0.2) is 10.8 Å². The number of amides is 1. The summed E-state index contributed by atoms with van der Waals surface area (Å²) in [6.07, 6.45) is 4.97. The monoisotopic (exact) mass is 385 g/mol. The minimum atomic E-state index is -0.132. The molecule has 2 N–H and O–H groups in total. The van der Waals surface area contributed by atoms with Crippen LogP contribution in [-0.4, -0.2) is 49.0 Å². The summed E-state index contributed by atoms with van der Waals surface area (Å²) in [6.45, 7) is 7.18. The van der Waals surface area contributed by atoms with Gasteiger partial charge in [-0.15, -0.1) is 0 Å². The molecule has 0 saturated heterocycles. The van der Waals surface area contributed by atoms with Crippen molar-refractivity contribution in [2.75, 3.05) is 17.6 Å². The molecule has 142 valence electrons. The third-order valence-corrected chi connectivity index (χ3v) is 4.46. The highest BCUT2D eigenvalue weighted by Gasteiger charge is 2.14. The minimum absolute atomic E-state index is 0.132. The van der Waals surface area contributed by atoms with E-state index >= 15 is 0 Å². The summed E-state index contributed by atoms with van der Waals surface area (Å²) in [5.74, 6) is 1.55. The van der Waals surface area contributed by atoms with Gasteiger partial charge >= 0.3 is 0 Å². The van der Waals surface area contributed by atoms with Gasteiger partial charge in [0.2, 0.25) is 0 Å². The van der Waals surface area contributed by atoms with Gasteiger partial charge in [-0.2, -0.15) is 5.10 Å². The van der Waals surface area contributed by atoms with Gasteiger partial charge < -0.3 is 10.6 Å². The number of rotatable bonds is 8. The van der Waals surface area contributed by atoms with E-state index in [9.17, 15) is 4.79 Å². The van der Waals surface area contributed by atoms with E-state index < -0.39 is 0 Å². The average Bonchev–Trinajstić information content (AvgIpc) is 3.05. The van der Waals surface area contributed by atoms with E-state index in [1.165, 1.54) is 0 Å². The van der Waals surface area contributed by atoms with Gasteiger partial charge in [-0.1, -0.05) is 18.7 Å². The molecule has 3 rings (SSSR count). The van der Waals surface area contributed by atoms with E-state index in [0.717, 1.165) is 27.8 Å².